The zero-order valence-corrected chi connectivity index (χ0v) is 14.2. The van der Waals surface area contributed by atoms with Gasteiger partial charge in [0.05, 0.1) is 5.69 Å². The van der Waals surface area contributed by atoms with Crippen LogP contribution in [0, 0.1) is 6.92 Å². The Morgan fingerprint density at radius 3 is 2.67 bits per heavy atom. The summed E-state index contributed by atoms with van der Waals surface area (Å²) < 4.78 is 2.13. The molecule has 3 rings (SSSR count). The Bertz CT molecular complexity index is 564. The van der Waals surface area contributed by atoms with Crippen molar-refractivity contribution < 1.29 is 0 Å². The summed E-state index contributed by atoms with van der Waals surface area (Å²) in [6.45, 7) is 5.32. The lowest BCUT2D eigenvalue weighted by Crippen LogP contribution is -2.40. The first-order valence-electron chi connectivity index (χ1n) is 7.07. The van der Waals surface area contributed by atoms with E-state index in [0.717, 1.165) is 31.0 Å². The maximum absolute atomic E-state index is 4.69. The van der Waals surface area contributed by atoms with Gasteiger partial charge in [-0.3, -0.25) is 4.90 Å². The molecule has 0 aromatic carbocycles. The standard InChI is InChI=1S/C15H22N4.2ClH/c1-12-3-4-15-17-13(11-19(15)9-12)10-18(2)14-5-7-16-8-6-14;;/h3-4,9,11,14,16H,5-8,10H2,1-2H3;2*1H. The van der Waals surface area contributed by atoms with E-state index in [4.69, 9.17) is 4.98 Å². The molecular weight excluding hydrogens is 307 g/mol. The van der Waals surface area contributed by atoms with Crippen LogP contribution in [0.15, 0.2) is 24.5 Å². The van der Waals surface area contributed by atoms with Crippen LogP contribution >= 0.6 is 24.8 Å². The number of fused-ring (bicyclic) bond motifs is 1. The fraction of sp³-hybridized carbons (Fsp3) is 0.533. The second kappa shape index (κ2) is 7.99. The second-order valence-electron chi connectivity index (χ2n) is 5.60. The van der Waals surface area contributed by atoms with Gasteiger partial charge in [-0.2, -0.15) is 0 Å². The summed E-state index contributed by atoms with van der Waals surface area (Å²) in [6, 6.07) is 4.89. The molecular formula is C15H24Cl2N4. The first-order valence-corrected chi connectivity index (χ1v) is 7.07. The molecule has 1 aliphatic rings. The average molecular weight is 331 g/mol. The summed E-state index contributed by atoms with van der Waals surface area (Å²) >= 11 is 0. The summed E-state index contributed by atoms with van der Waals surface area (Å²) in [5.41, 5.74) is 3.47. The van der Waals surface area contributed by atoms with Gasteiger partial charge >= 0.3 is 0 Å². The number of pyridine rings is 1. The van der Waals surface area contributed by atoms with Crippen LogP contribution in [0.2, 0.25) is 0 Å². The predicted molar refractivity (Wildman–Crippen MR) is 91.8 cm³/mol. The highest BCUT2D eigenvalue weighted by Crippen LogP contribution is 2.14. The highest BCUT2D eigenvalue weighted by Gasteiger charge is 2.18. The second-order valence-corrected chi connectivity index (χ2v) is 5.60. The Labute approximate surface area is 138 Å². The van der Waals surface area contributed by atoms with Crippen molar-refractivity contribution in [3.8, 4) is 0 Å². The molecule has 0 unspecified atom stereocenters. The average Bonchev–Trinajstić information content (AvgIpc) is 2.81. The minimum Gasteiger partial charge on any atom is -0.317 e. The van der Waals surface area contributed by atoms with Crippen molar-refractivity contribution in [2.45, 2.75) is 32.4 Å². The first kappa shape index (κ1) is 18.2. The van der Waals surface area contributed by atoms with E-state index in [1.165, 1.54) is 18.4 Å². The molecule has 1 saturated heterocycles. The molecule has 1 aliphatic heterocycles. The maximum Gasteiger partial charge on any atom is 0.137 e. The SMILES string of the molecule is Cc1ccc2nc(CN(C)C3CCNCC3)cn2c1.Cl.Cl. The van der Waals surface area contributed by atoms with Crippen LogP contribution in [0.4, 0.5) is 0 Å². The zero-order valence-electron chi connectivity index (χ0n) is 12.6. The van der Waals surface area contributed by atoms with Gasteiger partial charge in [-0.25, -0.2) is 4.98 Å². The summed E-state index contributed by atoms with van der Waals surface area (Å²) in [4.78, 5) is 7.13. The van der Waals surface area contributed by atoms with Crippen LogP contribution in [0.5, 0.6) is 0 Å². The third kappa shape index (κ3) is 4.33. The van der Waals surface area contributed by atoms with E-state index in [1.807, 2.05) is 0 Å². The van der Waals surface area contributed by atoms with E-state index >= 15 is 0 Å². The summed E-state index contributed by atoms with van der Waals surface area (Å²) in [6.07, 6.45) is 6.77. The molecule has 0 atom stereocenters. The molecule has 0 aliphatic carbocycles. The van der Waals surface area contributed by atoms with Crippen LogP contribution in [0.25, 0.3) is 5.65 Å². The predicted octanol–water partition coefficient (Wildman–Crippen LogP) is 2.67. The molecule has 4 nitrogen and oxygen atoms in total. The fourth-order valence-electron chi connectivity index (χ4n) is 2.86. The van der Waals surface area contributed by atoms with E-state index in [9.17, 15) is 0 Å². The number of hydrogen-bond donors (Lipinski definition) is 1. The van der Waals surface area contributed by atoms with Crippen molar-refractivity contribution in [1.29, 1.82) is 0 Å². The molecule has 1 N–H and O–H groups in total. The Balaban J connectivity index is 0.00000110. The minimum absolute atomic E-state index is 0. The molecule has 1 fully saturated rings. The number of nitrogens with zero attached hydrogens (tertiary/aromatic N) is 3. The van der Waals surface area contributed by atoms with Gasteiger partial charge in [-0.05, 0) is 51.5 Å². The van der Waals surface area contributed by atoms with Gasteiger partial charge in [-0.15, -0.1) is 24.8 Å². The fourth-order valence-corrected chi connectivity index (χ4v) is 2.86. The van der Waals surface area contributed by atoms with Gasteiger partial charge in [-0.1, -0.05) is 6.07 Å². The number of piperidine rings is 1. The summed E-state index contributed by atoms with van der Waals surface area (Å²) in [5.74, 6) is 0. The van der Waals surface area contributed by atoms with Crippen LogP contribution in [-0.4, -0.2) is 40.5 Å². The topological polar surface area (TPSA) is 32.6 Å². The van der Waals surface area contributed by atoms with Crippen molar-refractivity contribution in [1.82, 2.24) is 19.6 Å². The number of nitrogens with one attached hydrogen (secondary N) is 1. The van der Waals surface area contributed by atoms with E-state index in [-0.39, 0.29) is 24.8 Å². The minimum atomic E-state index is 0. The Morgan fingerprint density at radius 2 is 1.95 bits per heavy atom. The molecule has 3 heterocycles. The van der Waals surface area contributed by atoms with Crippen LogP contribution in [0.3, 0.4) is 0 Å². The molecule has 2 aromatic rings. The molecule has 118 valence electrons. The Morgan fingerprint density at radius 1 is 1.24 bits per heavy atom. The van der Waals surface area contributed by atoms with Crippen molar-refractivity contribution in [2.24, 2.45) is 0 Å². The largest absolute Gasteiger partial charge is 0.317 e. The van der Waals surface area contributed by atoms with Gasteiger partial charge in [0.1, 0.15) is 5.65 Å². The molecule has 21 heavy (non-hydrogen) atoms. The van der Waals surface area contributed by atoms with Crippen molar-refractivity contribution >= 4 is 30.5 Å². The number of aryl methyl sites for hydroxylation is 1. The number of rotatable bonds is 3. The van der Waals surface area contributed by atoms with Gasteiger partial charge in [0.15, 0.2) is 0 Å². The molecule has 0 spiro atoms. The highest BCUT2D eigenvalue weighted by atomic mass is 35.5. The molecule has 0 radical (unpaired) electrons. The first-order chi connectivity index (χ1) is 9.22. The maximum atomic E-state index is 4.69. The number of imidazole rings is 1. The van der Waals surface area contributed by atoms with Crippen LogP contribution < -0.4 is 5.32 Å². The number of aromatic nitrogens is 2. The smallest absolute Gasteiger partial charge is 0.137 e. The normalized spacial score (nSPS) is 15.8. The van der Waals surface area contributed by atoms with Gasteiger partial charge in [0, 0.05) is 25.0 Å². The number of hydrogen-bond acceptors (Lipinski definition) is 3. The van der Waals surface area contributed by atoms with Crippen molar-refractivity contribution in [2.75, 3.05) is 20.1 Å². The number of halogens is 2. The Hall–Kier alpha value is -0.810. The molecule has 0 bridgehead atoms. The quantitative estimate of drug-likeness (QED) is 0.939. The highest BCUT2D eigenvalue weighted by molar-refractivity contribution is 5.85. The molecule has 0 amide bonds. The molecule has 6 heteroatoms. The third-order valence-corrected chi connectivity index (χ3v) is 3.99. The zero-order chi connectivity index (χ0) is 13.2. The van der Waals surface area contributed by atoms with Crippen LogP contribution in [0.1, 0.15) is 24.1 Å². The summed E-state index contributed by atoms with van der Waals surface area (Å²) in [5, 5.41) is 3.41. The van der Waals surface area contributed by atoms with Crippen molar-refractivity contribution in [3.05, 3.63) is 35.8 Å². The van der Waals surface area contributed by atoms with E-state index in [2.05, 4.69) is 53.1 Å². The van der Waals surface area contributed by atoms with Gasteiger partial charge in [0.2, 0.25) is 0 Å². The van der Waals surface area contributed by atoms with E-state index in [1.54, 1.807) is 0 Å². The lowest BCUT2D eigenvalue weighted by molar-refractivity contribution is 0.190. The van der Waals surface area contributed by atoms with E-state index in [0.29, 0.717) is 6.04 Å². The molecule has 0 saturated carbocycles. The third-order valence-electron chi connectivity index (χ3n) is 3.99. The Kier molecular flexibility index (Phi) is 6.94. The summed E-state index contributed by atoms with van der Waals surface area (Å²) in [7, 11) is 2.21. The van der Waals surface area contributed by atoms with Crippen molar-refractivity contribution in [3.63, 3.8) is 0 Å². The van der Waals surface area contributed by atoms with Crippen LogP contribution in [-0.2, 0) is 6.54 Å². The lowest BCUT2D eigenvalue weighted by Gasteiger charge is -2.31. The van der Waals surface area contributed by atoms with Gasteiger partial charge in [0.25, 0.3) is 0 Å². The lowest BCUT2D eigenvalue weighted by atomic mass is 10.1. The monoisotopic (exact) mass is 330 g/mol. The van der Waals surface area contributed by atoms with E-state index < -0.39 is 0 Å². The van der Waals surface area contributed by atoms with Gasteiger partial charge < -0.3 is 9.72 Å². The molecule has 2 aromatic heterocycles.